The fourth-order valence-electron chi connectivity index (χ4n) is 4.07. The van der Waals surface area contributed by atoms with Crippen LogP contribution in [0.25, 0.3) is 0 Å². The fraction of sp³-hybridized carbons (Fsp3) is 0.882. The van der Waals surface area contributed by atoms with Crippen molar-refractivity contribution < 1.29 is 33.0 Å². The summed E-state index contributed by atoms with van der Waals surface area (Å²) in [6.07, 6.45) is 3.94. The summed E-state index contributed by atoms with van der Waals surface area (Å²) in [7, 11) is 0. The Hall–Kier alpha value is -1.35. The number of nitrogens with zero attached hydrogens (tertiary/aromatic N) is 1. The Morgan fingerprint density at radius 1 is 1.08 bits per heavy atom. The third-order valence-corrected chi connectivity index (χ3v) is 5.79. The predicted molar refractivity (Wildman–Crippen MR) is 87.5 cm³/mol. The largest absolute Gasteiger partial charge is 0.490 e. The van der Waals surface area contributed by atoms with Crippen molar-refractivity contribution in [1.82, 2.24) is 4.90 Å². The Labute approximate surface area is 150 Å². The van der Waals surface area contributed by atoms with E-state index in [2.05, 4.69) is 4.90 Å². The van der Waals surface area contributed by atoms with E-state index in [9.17, 15) is 23.1 Å². The van der Waals surface area contributed by atoms with Crippen molar-refractivity contribution in [2.45, 2.75) is 57.2 Å². The summed E-state index contributed by atoms with van der Waals surface area (Å²) in [6, 6.07) is 0.0354. The zero-order valence-corrected chi connectivity index (χ0v) is 14.7. The van der Waals surface area contributed by atoms with Crippen LogP contribution in [0, 0.1) is 17.3 Å². The quantitative estimate of drug-likeness (QED) is 0.694. The third-order valence-electron chi connectivity index (χ3n) is 5.79. The summed E-state index contributed by atoms with van der Waals surface area (Å²) >= 11 is 0. The molecule has 150 valence electrons. The van der Waals surface area contributed by atoms with Gasteiger partial charge in [0, 0.05) is 25.7 Å². The van der Waals surface area contributed by atoms with Gasteiger partial charge >= 0.3 is 18.1 Å². The van der Waals surface area contributed by atoms with Gasteiger partial charge in [0.2, 0.25) is 0 Å². The summed E-state index contributed by atoms with van der Waals surface area (Å²) in [4.78, 5) is 22.4. The van der Waals surface area contributed by atoms with Crippen LogP contribution in [0.15, 0.2) is 0 Å². The second kappa shape index (κ2) is 8.12. The van der Waals surface area contributed by atoms with E-state index in [-0.39, 0.29) is 12.0 Å². The van der Waals surface area contributed by atoms with Crippen LogP contribution in [0.1, 0.15) is 44.9 Å². The molecule has 0 bridgehead atoms. The minimum atomic E-state index is -5.08. The number of nitrogens with two attached hydrogens (primary N) is 1. The minimum Gasteiger partial charge on any atom is -0.481 e. The predicted octanol–water partition coefficient (Wildman–Crippen LogP) is 2.32. The normalized spacial score (nSPS) is 28.9. The molecule has 0 aromatic carbocycles. The van der Waals surface area contributed by atoms with Crippen LogP contribution < -0.4 is 5.73 Å². The van der Waals surface area contributed by atoms with E-state index in [0.717, 1.165) is 24.4 Å². The van der Waals surface area contributed by atoms with Gasteiger partial charge in [0.05, 0.1) is 5.92 Å². The number of piperidine rings is 1. The molecule has 0 amide bonds. The van der Waals surface area contributed by atoms with Crippen molar-refractivity contribution in [3.8, 4) is 0 Å². The molecule has 0 radical (unpaired) electrons. The number of aliphatic carboxylic acids is 2. The van der Waals surface area contributed by atoms with Crippen molar-refractivity contribution in [2.24, 2.45) is 23.0 Å². The summed E-state index contributed by atoms with van der Waals surface area (Å²) in [5.74, 6) is -2.93. The molecule has 2 saturated carbocycles. The number of rotatable bonds is 3. The Morgan fingerprint density at radius 3 is 2.04 bits per heavy atom. The lowest BCUT2D eigenvalue weighted by atomic mass is 9.79. The van der Waals surface area contributed by atoms with E-state index in [0.29, 0.717) is 13.0 Å². The van der Waals surface area contributed by atoms with Gasteiger partial charge in [0.25, 0.3) is 0 Å². The Balaban J connectivity index is 0.000000298. The van der Waals surface area contributed by atoms with Gasteiger partial charge < -0.3 is 20.8 Å². The standard InChI is InChI=1S/C15H26N2O2.C2HF3O2/c16-13-7-12(14(18)19)9-17(10-13)8-11-1-3-15(4-2-11)5-6-15;3-2(4,5)1(6)7/h11-13H,1-10,16H2,(H,18,19);(H,6,7). The SMILES string of the molecule is NC1CC(C(=O)O)CN(CC2CCC3(CC2)CC3)C1.O=C(O)C(F)(F)F. The van der Waals surface area contributed by atoms with Gasteiger partial charge in [-0.25, -0.2) is 4.79 Å². The lowest BCUT2D eigenvalue weighted by molar-refractivity contribution is -0.192. The summed E-state index contributed by atoms with van der Waals surface area (Å²) in [5, 5.41) is 16.3. The van der Waals surface area contributed by atoms with Crippen molar-refractivity contribution in [3.63, 3.8) is 0 Å². The number of carboxylic acids is 2. The van der Waals surface area contributed by atoms with Gasteiger partial charge in [-0.2, -0.15) is 13.2 Å². The minimum absolute atomic E-state index is 0.0354. The lowest BCUT2D eigenvalue weighted by Gasteiger charge is -2.38. The van der Waals surface area contributed by atoms with Crippen molar-refractivity contribution in [1.29, 1.82) is 0 Å². The number of hydrogen-bond donors (Lipinski definition) is 3. The van der Waals surface area contributed by atoms with Crippen LogP contribution in [-0.4, -0.2) is 58.9 Å². The van der Waals surface area contributed by atoms with Crippen LogP contribution >= 0.6 is 0 Å². The van der Waals surface area contributed by atoms with Crippen molar-refractivity contribution >= 4 is 11.9 Å². The first-order chi connectivity index (χ1) is 12.0. The average Bonchev–Trinajstić information content (AvgIpc) is 3.28. The number of likely N-dealkylation sites (tertiary alicyclic amines) is 1. The molecule has 2 unspecified atom stereocenters. The molecule has 1 heterocycles. The Bertz CT molecular complexity index is 513. The van der Waals surface area contributed by atoms with Crippen LogP contribution in [0.5, 0.6) is 0 Å². The second-order valence-electron chi connectivity index (χ2n) is 8.00. The highest BCUT2D eigenvalue weighted by atomic mass is 19.4. The van der Waals surface area contributed by atoms with Crippen LogP contribution in [-0.2, 0) is 9.59 Å². The monoisotopic (exact) mass is 380 g/mol. The molecule has 26 heavy (non-hydrogen) atoms. The maximum Gasteiger partial charge on any atom is 0.490 e. The van der Waals surface area contributed by atoms with E-state index < -0.39 is 18.1 Å². The molecule has 3 fully saturated rings. The van der Waals surface area contributed by atoms with Crippen LogP contribution in [0.3, 0.4) is 0 Å². The molecule has 2 atom stereocenters. The molecule has 2 aliphatic carbocycles. The van der Waals surface area contributed by atoms with Gasteiger partial charge in [-0.05, 0) is 56.3 Å². The third kappa shape index (κ3) is 6.12. The molecule has 4 N–H and O–H groups in total. The second-order valence-corrected chi connectivity index (χ2v) is 8.00. The van der Waals surface area contributed by atoms with E-state index in [1.165, 1.54) is 38.5 Å². The van der Waals surface area contributed by atoms with Crippen LogP contribution in [0.4, 0.5) is 13.2 Å². The smallest absolute Gasteiger partial charge is 0.481 e. The number of hydrogen-bond acceptors (Lipinski definition) is 4. The van der Waals surface area contributed by atoms with E-state index >= 15 is 0 Å². The molecule has 1 aliphatic heterocycles. The van der Waals surface area contributed by atoms with E-state index in [1.807, 2.05) is 0 Å². The number of carbonyl (C=O) groups is 2. The zero-order chi connectivity index (χ0) is 19.5. The number of halogens is 3. The highest BCUT2D eigenvalue weighted by Crippen LogP contribution is 2.57. The van der Waals surface area contributed by atoms with E-state index in [4.69, 9.17) is 15.6 Å². The molecule has 9 heteroatoms. The molecule has 0 aromatic heterocycles. The summed E-state index contributed by atoms with van der Waals surface area (Å²) in [5.41, 5.74) is 6.75. The molecular formula is C17H27F3N2O4. The molecule has 6 nitrogen and oxygen atoms in total. The zero-order valence-electron chi connectivity index (χ0n) is 14.7. The molecule has 3 aliphatic rings. The number of carboxylic acid groups (broad SMARTS) is 2. The Morgan fingerprint density at radius 2 is 1.62 bits per heavy atom. The van der Waals surface area contributed by atoms with Crippen molar-refractivity contribution in [2.75, 3.05) is 19.6 Å². The molecule has 1 spiro atoms. The first kappa shape index (κ1) is 21.0. The Kier molecular flexibility index (Phi) is 6.55. The molecular weight excluding hydrogens is 353 g/mol. The molecule has 1 saturated heterocycles. The van der Waals surface area contributed by atoms with Gasteiger partial charge in [0.1, 0.15) is 0 Å². The molecule has 3 rings (SSSR count). The first-order valence-corrected chi connectivity index (χ1v) is 9.02. The topological polar surface area (TPSA) is 104 Å². The van der Waals surface area contributed by atoms with Gasteiger partial charge in [-0.3, -0.25) is 4.79 Å². The van der Waals surface area contributed by atoms with Crippen molar-refractivity contribution in [3.05, 3.63) is 0 Å². The van der Waals surface area contributed by atoms with Crippen LogP contribution in [0.2, 0.25) is 0 Å². The summed E-state index contributed by atoms with van der Waals surface area (Å²) < 4.78 is 31.7. The highest BCUT2D eigenvalue weighted by molar-refractivity contribution is 5.73. The maximum absolute atomic E-state index is 11.1. The van der Waals surface area contributed by atoms with Gasteiger partial charge in [0.15, 0.2) is 0 Å². The van der Waals surface area contributed by atoms with Gasteiger partial charge in [-0.15, -0.1) is 0 Å². The summed E-state index contributed by atoms with van der Waals surface area (Å²) in [6.45, 7) is 2.64. The number of alkyl halides is 3. The van der Waals surface area contributed by atoms with E-state index in [1.54, 1.807) is 0 Å². The first-order valence-electron chi connectivity index (χ1n) is 9.02. The average molecular weight is 380 g/mol. The van der Waals surface area contributed by atoms with Gasteiger partial charge in [-0.1, -0.05) is 0 Å². The maximum atomic E-state index is 11.1. The lowest BCUT2D eigenvalue weighted by Crippen LogP contribution is -2.50. The molecule has 0 aromatic rings. The fourth-order valence-corrected chi connectivity index (χ4v) is 4.07. The highest BCUT2D eigenvalue weighted by Gasteiger charge is 2.45.